The van der Waals surface area contributed by atoms with E-state index in [9.17, 15) is 14.0 Å². The van der Waals surface area contributed by atoms with E-state index in [1.807, 2.05) is 0 Å². The second-order valence-electron chi connectivity index (χ2n) is 8.80. The van der Waals surface area contributed by atoms with Crippen molar-refractivity contribution in [1.29, 1.82) is 0 Å². The highest BCUT2D eigenvalue weighted by molar-refractivity contribution is 5.85. The zero-order chi connectivity index (χ0) is 26.0. The number of hydrogen-bond acceptors (Lipinski definition) is 7. The first kappa shape index (κ1) is 27.4. The zero-order valence-corrected chi connectivity index (χ0v) is 21.0. The molecule has 0 saturated carbocycles. The van der Waals surface area contributed by atoms with Crippen LogP contribution in [-0.4, -0.2) is 59.2 Å². The molecule has 2 rings (SSSR count). The zero-order valence-electron chi connectivity index (χ0n) is 21.0. The van der Waals surface area contributed by atoms with E-state index >= 15 is 0 Å². The van der Waals surface area contributed by atoms with Crippen molar-refractivity contribution in [3.8, 4) is 11.8 Å². The van der Waals surface area contributed by atoms with E-state index < -0.39 is 17.7 Å². The van der Waals surface area contributed by atoms with Crippen LogP contribution in [0.15, 0.2) is 30.5 Å². The number of carbonyl (C=O) groups excluding carboxylic acids is 2. The fourth-order valence-electron chi connectivity index (χ4n) is 2.75. The molecule has 0 saturated heterocycles. The smallest absolute Gasteiger partial charge is 0.410 e. The van der Waals surface area contributed by atoms with Crippen LogP contribution in [0.1, 0.15) is 46.1 Å². The summed E-state index contributed by atoms with van der Waals surface area (Å²) in [5.74, 6) is 6.42. The van der Waals surface area contributed by atoms with Crippen molar-refractivity contribution in [2.75, 3.05) is 31.3 Å². The molecule has 2 amide bonds. The Morgan fingerprint density at radius 3 is 2.54 bits per heavy atom. The van der Waals surface area contributed by atoms with Crippen LogP contribution < -0.4 is 16.0 Å². The Balaban J connectivity index is 1.82. The van der Waals surface area contributed by atoms with Crippen LogP contribution in [0, 0.1) is 17.7 Å². The number of rotatable bonds is 8. The van der Waals surface area contributed by atoms with Crippen molar-refractivity contribution in [2.45, 2.75) is 52.2 Å². The van der Waals surface area contributed by atoms with E-state index in [4.69, 9.17) is 4.74 Å². The van der Waals surface area contributed by atoms with Crippen LogP contribution in [0.25, 0.3) is 0 Å². The number of aromatic nitrogens is 2. The van der Waals surface area contributed by atoms with E-state index in [0.717, 1.165) is 0 Å². The molecule has 0 spiro atoms. The average molecular weight is 485 g/mol. The normalized spacial score (nSPS) is 11.5. The van der Waals surface area contributed by atoms with Crippen LogP contribution in [0.2, 0.25) is 0 Å². The number of amides is 2. The number of likely N-dealkylation sites (N-methyl/N-ethyl adjacent to an activating group) is 1. The number of benzene rings is 1. The molecule has 1 heterocycles. The van der Waals surface area contributed by atoms with E-state index in [-0.39, 0.29) is 11.7 Å². The van der Waals surface area contributed by atoms with Gasteiger partial charge in [-0.1, -0.05) is 11.8 Å². The van der Waals surface area contributed by atoms with Gasteiger partial charge < -0.3 is 20.7 Å². The Labute approximate surface area is 205 Å². The van der Waals surface area contributed by atoms with Crippen LogP contribution in [-0.2, 0) is 9.53 Å². The van der Waals surface area contributed by atoms with Gasteiger partial charge in [0.15, 0.2) is 0 Å². The highest BCUT2D eigenvalue weighted by Gasteiger charge is 2.26. The second-order valence-corrected chi connectivity index (χ2v) is 8.80. The molecule has 3 N–H and O–H groups in total. The molecule has 0 radical (unpaired) electrons. The summed E-state index contributed by atoms with van der Waals surface area (Å²) >= 11 is 0. The van der Waals surface area contributed by atoms with Gasteiger partial charge in [-0.2, -0.15) is 4.98 Å². The van der Waals surface area contributed by atoms with Gasteiger partial charge in [-0.3, -0.25) is 9.69 Å². The minimum atomic E-state index is -0.659. The highest BCUT2D eigenvalue weighted by Crippen LogP contribution is 2.17. The Morgan fingerprint density at radius 1 is 1.23 bits per heavy atom. The number of anilines is 3. The lowest BCUT2D eigenvalue weighted by Gasteiger charge is -2.28. The SMILES string of the molecule is CNc1nc(Nc2ccc(F)cc2)ncc1C#CCCCNC(=O)[C@H](C)N(C)C(=O)OC(C)(C)C. The lowest BCUT2D eigenvalue weighted by atomic mass is 10.2. The van der Waals surface area contributed by atoms with Gasteiger partial charge in [-0.25, -0.2) is 14.2 Å². The molecule has 1 aromatic heterocycles. The van der Waals surface area contributed by atoms with Gasteiger partial charge in [-0.05, 0) is 58.4 Å². The molecule has 9 nitrogen and oxygen atoms in total. The Bertz CT molecular complexity index is 1070. The third-order valence-corrected chi connectivity index (χ3v) is 4.77. The van der Waals surface area contributed by atoms with Crippen molar-refractivity contribution < 1.29 is 18.7 Å². The first-order valence-electron chi connectivity index (χ1n) is 11.3. The number of unbranched alkanes of at least 4 members (excludes halogenated alkanes) is 1. The summed E-state index contributed by atoms with van der Waals surface area (Å²) in [6.07, 6.45) is 2.25. The Morgan fingerprint density at radius 2 is 1.91 bits per heavy atom. The van der Waals surface area contributed by atoms with Gasteiger partial charge >= 0.3 is 6.09 Å². The maximum absolute atomic E-state index is 13.1. The third kappa shape index (κ3) is 9.12. The summed E-state index contributed by atoms with van der Waals surface area (Å²) in [4.78, 5) is 34.3. The molecule has 1 atom stereocenters. The van der Waals surface area contributed by atoms with Crippen LogP contribution in [0.3, 0.4) is 0 Å². The minimum absolute atomic E-state index is 0.263. The molecule has 0 fully saturated rings. The average Bonchev–Trinajstić information content (AvgIpc) is 2.81. The molecule has 0 bridgehead atoms. The number of ether oxygens (including phenoxy) is 1. The van der Waals surface area contributed by atoms with Gasteiger partial charge in [0.2, 0.25) is 11.9 Å². The lowest BCUT2D eigenvalue weighted by molar-refractivity contribution is -0.125. The van der Waals surface area contributed by atoms with Crippen molar-refractivity contribution in [1.82, 2.24) is 20.2 Å². The van der Waals surface area contributed by atoms with Gasteiger partial charge in [0.05, 0.1) is 11.8 Å². The van der Waals surface area contributed by atoms with Crippen LogP contribution in [0.4, 0.5) is 26.6 Å². The van der Waals surface area contributed by atoms with Gasteiger partial charge in [0.25, 0.3) is 0 Å². The predicted molar refractivity (Wildman–Crippen MR) is 134 cm³/mol. The number of halogens is 1. The van der Waals surface area contributed by atoms with E-state index in [1.165, 1.54) is 24.1 Å². The second kappa shape index (κ2) is 12.6. The van der Waals surface area contributed by atoms with Crippen molar-refractivity contribution >= 4 is 29.5 Å². The van der Waals surface area contributed by atoms with Gasteiger partial charge in [-0.15, -0.1) is 0 Å². The van der Waals surface area contributed by atoms with Crippen molar-refractivity contribution in [2.24, 2.45) is 0 Å². The molecule has 0 aliphatic carbocycles. The van der Waals surface area contributed by atoms with E-state index in [2.05, 4.69) is 37.8 Å². The maximum Gasteiger partial charge on any atom is 0.410 e. The molecule has 35 heavy (non-hydrogen) atoms. The summed E-state index contributed by atoms with van der Waals surface area (Å²) in [5.41, 5.74) is 0.674. The quantitative estimate of drug-likeness (QED) is 0.385. The summed E-state index contributed by atoms with van der Waals surface area (Å²) in [6, 6.07) is 5.24. The fourth-order valence-corrected chi connectivity index (χ4v) is 2.75. The topological polar surface area (TPSA) is 108 Å². The van der Waals surface area contributed by atoms with E-state index in [0.29, 0.717) is 42.4 Å². The fraction of sp³-hybridized carbons (Fsp3) is 0.440. The van der Waals surface area contributed by atoms with Gasteiger partial charge in [0, 0.05) is 32.7 Å². The monoisotopic (exact) mass is 484 g/mol. The molecule has 10 heteroatoms. The minimum Gasteiger partial charge on any atom is -0.444 e. The summed E-state index contributed by atoms with van der Waals surface area (Å²) < 4.78 is 18.3. The third-order valence-electron chi connectivity index (χ3n) is 4.77. The summed E-state index contributed by atoms with van der Waals surface area (Å²) in [6.45, 7) is 7.39. The van der Waals surface area contributed by atoms with E-state index in [1.54, 1.807) is 53.1 Å². The van der Waals surface area contributed by atoms with Crippen molar-refractivity contribution in [3.05, 3.63) is 41.8 Å². The largest absolute Gasteiger partial charge is 0.444 e. The molecule has 0 aliphatic rings. The Kier molecular flexibility index (Phi) is 9.82. The number of carbonyl (C=O) groups is 2. The molecular formula is C25H33FN6O3. The number of nitrogens with zero attached hydrogens (tertiary/aromatic N) is 3. The standard InChI is InChI=1S/C25H33FN6O3/c1-17(32(6)24(34)35-25(2,3)4)22(33)28-15-9-7-8-10-18-16-29-23(31-21(18)27-5)30-20-13-11-19(26)12-14-20/h11-14,16-17H,7,9,15H2,1-6H3,(H,28,33)(H2,27,29,30,31)/t17-/m0/s1. The molecule has 1 aromatic carbocycles. The molecule has 0 aliphatic heterocycles. The molecule has 2 aromatic rings. The number of hydrogen-bond donors (Lipinski definition) is 3. The maximum atomic E-state index is 13.1. The summed E-state index contributed by atoms with van der Waals surface area (Å²) in [7, 11) is 3.27. The Hall–Kier alpha value is -3.87. The first-order chi connectivity index (χ1) is 16.5. The lowest BCUT2D eigenvalue weighted by Crippen LogP contribution is -2.47. The predicted octanol–water partition coefficient (Wildman–Crippen LogP) is 3.90. The van der Waals surface area contributed by atoms with Crippen molar-refractivity contribution in [3.63, 3.8) is 0 Å². The molecule has 0 unspecified atom stereocenters. The van der Waals surface area contributed by atoms with Crippen LogP contribution in [0.5, 0.6) is 0 Å². The highest BCUT2D eigenvalue weighted by atomic mass is 19.1. The first-order valence-corrected chi connectivity index (χ1v) is 11.3. The summed E-state index contributed by atoms with van der Waals surface area (Å²) in [5, 5.41) is 8.82. The van der Waals surface area contributed by atoms with Crippen LogP contribution >= 0.6 is 0 Å². The molecule has 188 valence electrons. The molecular weight excluding hydrogens is 451 g/mol. The number of nitrogens with one attached hydrogen (secondary N) is 3. The van der Waals surface area contributed by atoms with Gasteiger partial charge in [0.1, 0.15) is 23.3 Å².